The van der Waals surface area contributed by atoms with Crippen LogP contribution in [-0.4, -0.2) is 25.7 Å². The summed E-state index contributed by atoms with van der Waals surface area (Å²) in [4.78, 5) is 20.2. The molecule has 2 heterocycles. The molecule has 116 valence electrons. The molecule has 23 heavy (non-hydrogen) atoms. The van der Waals surface area contributed by atoms with E-state index in [9.17, 15) is 9.18 Å². The topological polar surface area (TPSA) is 72.7 Å². The molecule has 3 rings (SSSR count). The maximum Gasteiger partial charge on any atom is 0.258 e. The quantitative estimate of drug-likeness (QED) is 0.803. The van der Waals surface area contributed by atoms with E-state index in [0.717, 1.165) is 5.56 Å². The number of nitrogens with zero attached hydrogens (tertiary/aromatic N) is 4. The van der Waals surface area contributed by atoms with Gasteiger partial charge in [-0.15, -0.1) is 5.10 Å². The van der Waals surface area contributed by atoms with Gasteiger partial charge in [-0.2, -0.15) is 0 Å². The van der Waals surface area contributed by atoms with Crippen LogP contribution in [0.3, 0.4) is 0 Å². The number of carbonyl (C=O) groups is 1. The molecule has 3 aromatic rings. The highest BCUT2D eigenvalue weighted by molar-refractivity contribution is 6.03. The Bertz CT molecular complexity index is 831. The van der Waals surface area contributed by atoms with E-state index in [1.165, 1.54) is 24.5 Å². The summed E-state index contributed by atoms with van der Waals surface area (Å²) in [5, 5.41) is 6.77. The molecular formula is C16H14FN5O. The van der Waals surface area contributed by atoms with Gasteiger partial charge in [-0.05, 0) is 42.3 Å². The second kappa shape index (κ2) is 6.35. The summed E-state index contributed by atoms with van der Waals surface area (Å²) in [5.41, 5.74) is 1.74. The fourth-order valence-electron chi connectivity index (χ4n) is 2.07. The number of anilines is 1. The molecule has 2 aromatic heterocycles. The van der Waals surface area contributed by atoms with E-state index in [0.29, 0.717) is 17.7 Å². The van der Waals surface area contributed by atoms with Crippen LogP contribution in [0, 0.1) is 12.7 Å². The Balaban J connectivity index is 1.68. The molecule has 0 saturated carbocycles. The highest BCUT2D eigenvalue weighted by Gasteiger charge is 2.10. The van der Waals surface area contributed by atoms with Crippen LogP contribution in [0.1, 0.15) is 21.5 Å². The lowest BCUT2D eigenvalue weighted by Crippen LogP contribution is -2.14. The van der Waals surface area contributed by atoms with Crippen LogP contribution in [0.15, 0.2) is 49.1 Å². The molecule has 1 amide bonds. The van der Waals surface area contributed by atoms with Gasteiger partial charge in [-0.25, -0.2) is 14.1 Å². The average Bonchev–Trinajstić information content (AvgIpc) is 2.98. The fourth-order valence-corrected chi connectivity index (χ4v) is 2.07. The van der Waals surface area contributed by atoms with Crippen molar-refractivity contribution in [2.75, 3.05) is 5.32 Å². The zero-order valence-electron chi connectivity index (χ0n) is 12.4. The number of hydrogen-bond donors (Lipinski definition) is 1. The zero-order chi connectivity index (χ0) is 16.2. The fraction of sp³-hybridized carbons (Fsp3) is 0.125. The normalized spacial score (nSPS) is 10.5. The Labute approximate surface area is 132 Å². The van der Waals surface area contributed by atoms with Gasteiger partial charge < -0.3 is 0 Å². The van der Waals surface area contributed by atoms with Crippen molar-refractivity contribution in [2.24, 2.45) is 0 Å². The van der Waals surface area contributed by atoms with E-state index in [1.54, 1.807) is 24.0 Å². The number of rotatable bonds is 4. The summed E-state index contributed by atoms with van der Waals surface area (Å²) in [7, 11) is 0. The number of pyridine rings is 1. The number of aryl methyl sites for hydroxylation is 1. The van der Waals surface area contributed by atoms with E-state index in [-0.39, 0.29) is 17.7 Å². The maximum absolute atomic E-state index is 13.2. The lowest BCUT2D eigenvalue weighted by Gasteiger charge is -2.03. The summed E-state index contributed by atoms with van der Waals surface area (Å²) >= 11 is 0. The third-order valence-corrected chi connectivity index (χ3v) is 3.25. The molecule has 0 fully saturated rings. The Hall–Kier alpha value is -3.09. The molecule has 7 heteroatoms. The van der Waals surface area contributed by atoms with Crippen molar-refractivity contribution in [3.05, 3.63) is 71.6 Å². The van der Waals surface area contributed by atoms with Gasteiger partial charge in [0.2, 0.25) is 5.95 Å². The van der Waals surface area contributed by atoms with E-state index in [4.69, 9.17) is 0 Å². The first-order valence-electron chi connectivity index (χ1n) is 6.97. The standard InChI is InChI=1S/C16H14FN5O/c1-11-7-13(4-5-14(11)17)15(23)20-16-19-10-22(21-16)9-12-3-2-6-18-8-12/h2-8,10H,9H2,1H3,(H,20,21,23). The molecule has 0 spiro atoms. The van der Waals surface area contributed by atoms with Crippen molar-refractivity contribution in [2.45, 2.75) is 13.5 Å². The van der Waals surface area contributed by atoms with Gasteiger partial charge in [0, 0.05) is 18.0 Å². The van der Waals surface area contributed by atoms with Crippen molar-refractivity contribution >= 4 is 11.9 Å². The summed E-state index contributed by atoms with van der Waals surface area (Å²) in [6.45, 7) is 2.11. The van der Waals surface area contributed by atoms with Gasteiger partial charge in [-0.1, -0.05) is 6.07 Å². The molecule has 0 unspecified atom stereocenters. The second-order valence-corrected chi connectivity index (χ2v) is 5.05. The van der Waals surface area contributed by atoms with Crippen LogP contribution in [-0.2, 0) is 6.54 Å². The SMILES string of the molecule is Cc1cc(C(=O)Nc2ncn(Cc3cccnc3)n2)ccc1F. The molecule has 1 aromatic carbocycles. The van der Waals surface area contributed by atoms with E-state index < -0.39 is 0 Å². The lowest BCUT2D eigenvalue weighted by molar-refractivity contribution is 0.102. The third-order valence-electron chi connectivity index (χ3n) is 3.25. The number of benzene rings is 1. The molecule has 0 saturated heterocycles. The summed E-state index contributed by atoms with van der Waals surface area (Å²) in [5.74, 6) is -0.534. The maximum atomic E-state index is 13.2. The van der Waals surface area contributed by atoms with Crippen LogP contribution >= 0.6 is 0 Å². The smallest absolute Gasteiger partial charge is 0.258 e. The number of halogens is 1. The van der Waals surface area contributed by atoms with Crippen LogP contribution in [0.4, 0.5) is 10.3 Å². The van der Waals surface area contributed by atoms with Crippen LogP contribution in [0.25, 0.3) is 0 Å². The minimum atomic E-state index is -0.382. The molecule has 0 aliphatic carbocycles. The number of carbonyl (C=O) groups excluding carboxylic acids is 1. The molecule has 0 aliphatic heterocycles. The number of aromatic nitrogens is 4. The summed E-state index contributed by atoms with van der Waals surface area (Å²) < 4.78 is 14.8. The van der Waals surface area contributed by atoms with Crippen molar-refractivity contribution in [3.8, 4) is 0 Å². The van der Waals surface area contributed by atoms with Gasteiger partial charge in [0.05, 0.1) is 6.54 Å². The number of amides is 1. The zero-order valence-corrected chi connectivity index (χ0v) is 12.4. The van der Waals surface area contributed by atoms with Gasteiger partial charge in [0.1, 0.15) is 12.1 Å². The van der Waals surface area contributed by atoms with Gasteiger partial charge >= 0.3 is 0 Å². The van der Waals surface area contributed by atoms with Gasteiger partial charge in [0.15, 0.2) is 0 Å². The monoisotopic (exact) mass is 311 g/mol. The van der Waals surface area contributed by atoms with Crippen molar-refractivity contribution in [1.82, 2.24) is 19.7 Å². The number of hydrogen-bond acceptors (Lipinski definition) is 4. The number of nitrogens with one attached hydrogen (secondary N) is 1. The van der Waals surface area contributed by atoms with Crippen molar-refractivity contribution in [1.29, 1.82) is 0 Å². The highest BCUT2D eigenvalue weighted by atomic mass is 19.1. The first-order valence-corrected chi connectivity index (χ1v) is 6.97. The predicted molar refractivity (Wildman–Crippen MR) is 82.5 cm³/mol. The Kier molecular flexibility index (Phi) is 4.09. The van der Waals surface area contributed by atoms with Crippen LogP contribution in [0.5, 0.6) is 0 Å². The summed E-state index contributed by atoms with van der Waals surface area (Å²) in [6.07, 6.45) is 4.96. The average molecular weight is 311 g/mol. The molecular weight excluding hydrogens is 297 g/mol. The minimum absolute atomic E-state index is 0.195. The Morgan fingerprint density at radius 3 is 2.96 bits per heavy atom. The largest absolute Gasteiger partial charge is 0.289 e. The van der Waals surface area contributed by atoms with E-state index in [1.807, 2.05) is 12.1 Å². The first-order chi connectivity index (χ1) is 11.1. The van der Waals surface area contributed by atoms with Crippen LogP contribution in [0.2, 0.25) is 0 Å². The molecule has 0 radical (unpaired) electrons. The second-order valence-electron chi connectivity index (χ2n) is 5.05. The molecule has 0 bridgehead atoms. The predicted octanol–water partition coefficient (Wildman–Crippen LogP) is 2.42. The molecule has 0 atom stereocenters. The molecule has 1 N–H and O–H groups in total. The van der Waals surface area contributed by atoms with Gasteiger partial charge in [-0.3, -0.25) is 15.1 Å². The van der Waals surface area contributed by atoms with Crippen molar-refractivity contribution in [3.63, 3.8) is 0 Å². The molecule has 0 aliphatic rings. The van der Waals surface area contributed by atoms with Crippen LogP contribution < -0.4 is 5.32 Å². The third kappa shape index (κ3) is 3.57. The van der Waals surface area contributed by atoms with Crippen molar-refractivity contribution < 1.29 is 9.18 Å². The van der Waals surface area contributed by atoms with E-state index >= 15 is 0 Å². The Morgan fingerprint density at radius 1 is 1.35 bits per heavy atom. The first kappa shape index (κ1) is 14.8. The Morgan fingerprint density at radius 2 is 2.22 bits per heavy atom. The molecule has 6 nitrogen and oxygen atoms in total. The summed E-state index contributed by atoms with van der Waals surface area (Å²) in [6, 6.07) is 7.93. The van der Waals surface area contributed by atoms with E-state index in [2.05, 4.69) is 20.4 Å². The lowest BCUT2D eigenvalue weighted by atomic mass is 10.1. The minimum Gasteiger partial charge on any atom is -0.289 e. The van der Waals surface area contributed by atoms with Gasteiger partial charge in [0.25, 0.3) is 5.91 Å². The highest BCUT2D eigenvalue weighted by Crippen LogP contribution is 2.11.